The van der Waals surface area contributed by atoms with Crippen molar-refractivity contribution in [2.24, 2.45) is 11.8 Å². The second-order valence-electron chi connectivity index (χ2n) is 7.14. The Kier molecular flexibility index (Phi) is 5.08. The Morgan fingerprint density at radius 2 is 2.20 bits per heavy atom. The van der Waals surface area contributed by atoms with E-state index in [1.165, 1.54) is 32.4 Å². The van der Waals surface area contributed by atoms with E-state index in [1.807, 2.05) is 23.7 Å². The summed E-state index contributed by atoms with van der Waals surface area (Å²) in [5, 5.41) is 6.20. The third kappa shape index (κ3) is 4.25. The molecule has 5 nitrogen and oxygen atoms in total. The number of hydrogen-bond donors (Lipinski definition) is 1. The van der Waals surface area contributed by atoms with Gasteiger partial charge in [0.1, 0.15) is 10.7 Å². The van der Waals surface area contributed by atoms with Gasteiger partial charge in [-0.15, -0.1) is 11.3 Å². The lowest BCUT2D eigenvalue weighted by Crippen LogP contribution is -2.43. The number of carbonyl (C=O) groups excluding carboxylic acids is 1. The van der Waals surface area contributed by atoms with E-state index in [0.717, 1.165) is 23.9 Å². The number of thiazole rings is 1. The molecule has 2 aromatic heterocycles. The van der Waals surface area contributed by atoms with Crippen LogP contribution in [0.15, 0.2) is 36.0 Å². The van der Waals surface area contributed by atoms with E-state index in [1.54, 1.807) is 23.6 Å². The van der Waals surface area contributed by atoms with Gasteiger partial charge in [0.15, 0.2) is 0 Å². The fourth-order valence-electron chi connectivity index (χ4n) is 3.68. The van der Waals surface area contributed by atoms with Crippen LogP contribution in [-0.4, -0.2) is 40.4 Å². The Morgan fingerprint density at radius 3 is 2.92 bits per heavy atom. The lowest BCUT2D eigenvalue weighted by atomic mass is 9.90. The summed E-state index contributed by atoms with van der Waals surface area (Å²) in [4.78, 5) is 23.9. The van der Waals surface area contributed by atoms with Crippen molar-refractivity contribution < 1.29 is 4.79 Å². The van der Waals surface area contributed by atoms with Gasteiger partial charge in [-0.25, -0.2) is 4.98 Å². The lowest BCUT2D eigenvalue weighted by molar-refractivity contribution is 0.0875. The van der Waals surface area contributed by atoms with Crippen LogP contribution >= 0.6 is 11.3 Å². The molecule has 0 radical (unpaired) electrons. The van der Waals surface area contributed by atoms with Crippen molar-refractivity contribution in [3.8, 4) is 0 Å². The average Bonchev–Trinajstić information content (AvgIpc) is 3.30. The average molecular weight is 356 g/mol. The number of rotatable bonds is 6. The van der Waals surface area contributed by atoms with Gasteiger partial charge in [0.25, 0.3) is 5.91 Å². The number of carbonyl (C=O) groups is 1. The maximum absolute atomic E-state index is 12.7. The molecular weight excluding hydrogens is 332 g/mol. The molecule has 1 aliphatic carbocycles. The Morgan fingerprint density at radius 1 is 1.28 bits per heavy atom. The molecule has 0 bridgehead atoms. The highest BCUT2D eigenvalue weighted by molar-refractivity contribution is 7.09. The normalized spacial score (nSPS) is 22.5. The second kappa shape index (κ2) is 7.62. The molecule has 1 aliphatic heterocycles. The first-order valence-corrected chi connectivity index (χ1v) is 10.0. The molecule has 1 saturated carbocycles. The molecule has 3 heterocycles. The van der Waals surface area contributed by atoms with Crippen molar-refractivity contribution in [3.05, 3.63) is 46.7 Å². The summed E-state index contributed by atoms with van der Waals surface area (Å²) in [6, 6.07) is 5.40. The van der Waals surface area contributed by atoms with Crippen LogP contribution in [0.3, 0.4) is 0 Å². The van der Waals surface area contributed by atoms with Crippen molar-refractivity contribution in [3.63, 3.8) is 0 Å². The van der Waals surface area contributed by atoms with Crippen LogP contribution < -0.4 is 5.32 Å². The van der Waals surface area contributed by atoms with Crippen LogP contribution in [0.1, 0.15) is 47.2 Å². The monoisotopic (exact) mass is 356 g/mol. The number of likely N-dealkylation sites (tertiary alicyclic amines) is 1. The summed E-state index contributed by atoms with van der Waals surface area (Å²) in [5.74, 6) is 1.20. The predicted molar refractivity (Wildman–Crippen MR) is 98.4 cm³/mol. The maximum Gasteiger partial charge on any atom is 0.270 e. The van der Waals surface area contributed by atoms with Crippen molar-refractivity contribution in [1.29, 1.82) is 0 Å². The zero-order valence-corrected chi connectivity index (χ0v) is 15.1. The summed E-state index contributed by atoms with van der Waals surface area (Å²) >= 11 is 1.62. The van der Waals surface area contributed by atoms with Crippen LogP contribution in [0.5, 0.6) is 0 Å². The van der Waals surface area contributed by atoms with E-state index in [-0.39, 0.29) is 11.9 Å². The summed E-state index contributed by atoms with van der Waals surface area (Å²) in [6.45, 7) is 3.45. The Hall–Kier alpha value is -1.79. The molecule has 4 rings (SSSR count). The molecular formula is C19H24N4OS. The van der Waals surface area contributed by atoms with Gasteiger partial charge in [-0.05, 0) is 56.2 Å². The molecule has 6 heteroatoms. The summed E-state index contributed by atoms with van der Waals surface area (Å²) in [5.41, 5.74) is 0.467. The summed E-state index contributed by atoms with van der Waals surface area (Å²) in [6.07, 6.45) is 8.57. The standard InChI is InChI=1S/C19H24N4OS/c24-18(16-5-1-2-8-20-16)22-17(19-21-9-11-25-19)15-4-3-10-23(13-15)12-14-6-7-14/h1-2,5,8-9,11,14-15,17H,3-4,6-7,10,12-13H2,(H,22,24). The smallest absolute Gasteiger partial charge is 0.270 e. The number of nitrogens with one attached hydrogen (secondary N) is 1. The van der Waals surface area contributed by atoms with Crippen LogP contribution in [0.2, 0.25) is 0 Å². The number of aromatic nitrogens is 2. The first-order chi connectivity index (χ1) is 12.3. The van der Waals surface area contributed by atoms with Gasteiger partial charge in [-0.3, -0.25) is 9.78 Å². The van der Waals surface area contributed by atoms with Crippen LogP contribution in [0.4, 0.5) is 0 Å². The van der Waals surface area contributed by atoms with Gasteiger partial charge in [0, 0.05) is 30.9 Å². The Balaban J connectivity index is 1.49. The van der Waals surface area contributed by atoms with Crippen LogP contribution in [-0.2, 0) is 0 Å². The van der Waals surface area contributed by atoms with E-state index in [2.05, 4.69) is 20.2 Å². The Bertz CT molecular complexity index is 687. The molecule has 1 amide bonds. The van der Waals surface area contributed by atoms with Crippen molar-refractivity contribution in [2.45, 2.75) is 31.7 Å². The number of nitrogens with zero attached hydrogens (tertiary/aromatic N) is 3. The molecule has 1 saturated heterocycles. The molecule has 25 heavy (non-hydrogen) atoms. The molecule has 2 atom stereocenters. The van der Waals surface area contributed by atoms with Crippen molar-refractivity contribution in [1.82, 2.24) is 20.2 Å². The van der Waals surface area contributed by atoms with E-state index in [4.69, 9.17) is 0 Å². The Labute approximate surface area is 152 Å². The minimum absolute atomic E-state index is 0.0310. The minimum atomic E-state index is -0.111. The van der Waals surface area contributed by atoms with E-state index < -0.39 is 0 Å². The topological polar surface area (TPSA) is 58.1 Å². The number of pyridine rings is 1. The SMILES string of the molecule is O=C(NC(c1nccs1)C1CCCN(CC2CC2)C1)c1ccccn1. The van der Waals surface area contributed by atoms with Gasteiger partial charge in [0.2, 0.25) is 0 Å². The zero-order chi connectivity index (χ0) is 17.1. The lowest BCUT2D eigenvalue weighted by Gasteiger charge is -2.36. The van der Waals surface area contributed by atoms with Gasteiger partial charge in [-0.2, -0.15) is 0 Å². The predicted octanol–water partition coefficient (Wildman–Crippen LogP) is 3.13. The first kappa shape index (κ1) is 16.7. The molecule has 2 aromatic rings. The van der Waals surface area contributed by atoms with Gasteiger partial charge < -0.3 is 10.2 Å². The molecule has 132 valence electrons. The third-order valence-electron chi connectivity index (χ3n) is 5.13. The van der Waals surface area contributed by atoms with Crippen molar-refractivity contribution >= 4 is 17.2 Å². The molecule has 2 fully saturated rings. The van der Waals surface area contributed by atoms with Crippen molar-refractivity contribution in [2.75, 3.05) is 19.6 Å². The number of amides is 1. The maximum atomic E-state index is 12.7. The van der Waals surface area contributed by atoms with Gasteiger partial charge in [-0.1, -0.05) is 6.07 Å². The fourth-order valence-corrected chi connectivity index (χ4v) is 4.46. The fraction of sp³-hybridized carbons (Fsp3) is 0.526. The van der Waals surface area contributed by atoms with Crippen LogP contribution in [0, 0.1) is 11.8 Å². The van der Waals surface area contributed by atoms with Gasteiger partial charge in [0.05, 0.1) is 6.04 Å². The summed E-state index contributed by atoms with van der Waals surface area (Å²) < 4.78 is 0. The largest absolute Gasteiger partial charge is 0.341 e. The zero-order valence-electron chi connectivity index (χ0n) is 14.3. The number of piperidine rings is 1. The van der Waals surface area contributed by atoms with E-state index >= 15 is 0 Å². The van der Waals surface area contributed by atoms with E-state index in [0.29, 0.717) is 11.6 Å². The third-order valence-corrected chi connectivity index (χ3v) is 5.99. The highest BCUT2D eigenvalue weighted by Crippen LogP contribution is 2.34. The summed E-state index contributed by atoms with van der Waals surface area (Å²) in [7, 11) is 0. The highest BCUT2D eigenvalue weighted by atomic mass is 32.1. The number of hydrogen-bond acceptors (Lipinski definition) is 5. The second-order valence-corrected chi connectivity index (χ2v) is 8.07. The van der Waals surface area contributed by atoms with Crippen LogP contribution in [0.25, 0.3) is 0 Å². The quantitative estimate of drug-likeness (QED) is 0.864. The highest BCUT2D eigenvalue weighted by Gasteiger charge is 2.33. The molecule has 0 aromatic carbocycles. The molecule has 1 N–H and O–H groups in total. The van der Waals surface area contributed by atoms with E-state index in [9.17, 15) is 4.79 Å². The molecule has 2 aliphatic rings. The molecule has 2 unspecified atom stereocenters. The van der Waals surface area contributed by atoms with Gasteiger partial charge >= 0.3 is 0 Å². The first-order valence-electron chi connectivity index (χ1n) is 9.13. The minimum Gasteiger partial charge on any atom is -0.341 e. The molecule has 0 spiro atoms.